The zero-order chi connectivity index (χ0) is 28.2. The first-order chi connectivity index (χ1) is 18.1. The Labute approximate surface area is 234 Å². The number of aliphatic hydroxyl groups excluding tert-OH is 1. The maximum absolute atomic E-state index is 12.3. The average molecular weight is 567 g/mol. The van der Waals surface area contributed by atoms with Gasteiger partial charge in [-0.1, -0.05) is 103 Å². The summed E-state index contributed by atoms with van der Waals surface area (Å²) < 4.78 is 34.4. The van der Waals surface area contributed by atoms with E-state index >= 15 is 0 Å². The number of aliphatic hydroxyl groups is 1. The van der Waals surface area contributed by atoms with Crippen molar-refractivity contribution in [3.05, 3.63) is 0 Å². The third-order valence-electron chi connectivity index (χ3n) is 7.46. The monoisotopic (exact) mass is 566 g/mol. The van der Waals surface area contributed by atoms with Crippen molar-refractivity contribution in [2.24, 2.45) is 0 Å². The van der Waals surface area contributed by atoms with E-state index in [0.29, 0.717) is 26.2 Å². The van der Waals surface area contributed by atoms with Crippen LogP contribution in [0.5, 0.6) is 0 Å². The first kappa shape index (κ1) is 36.0. The predicted octanol–water partition coefficient (Wildman–Crippen LogP) is 6.97. The molecule has 1 saturated heterocycles. The average Bonchev–Trinajstić information content (AvgIpc) is 3.34. The molecule has 3 atom stereocenters. The number of quaternary nitrogens is 1. The molecule has 0 radical (unpaired) electrons. The Morgan fingerprint density at radius 2 is 1.32 bits per heavy atom. The number of rotatable bonds is 26. The van der Waals surface area contributed by atoms with Crippen molar-refractivity contribution in [2.75, 3.05) is 54.2 Å². The number of likely N-dealkylation sites (N-methyl/N-ethyl adjacent to an activating group) is 1. The lowest BCUT2D eigenvalue weighted by Crippen LogP contribution is -2.47. The second-order valence-electron chi connectivity index (χ2n) is 12.1. The van der Waals surface area contributed by atoms with E-state index in [1.165, 1.54) is 89.9 Å². The Morgan fingerprint density at radius 3 is 1.76 bits per heavy atom. The summed E-state index contributed by atoms with van der Waals surface area (Å²) in [7, 11) is 1.02. The standard InChI is InChI=1S/C29H60NO7P/c1-5-6-7-8-9-10-11-12-13-14-15-16-17-18-19-20-23-34-26-29(22-21-24-35-29)27-37-38(32,33)36-25-28(31)30(2,3)4/h28,31H,5-27H2,1-4H3/p+1/t28-,29?/m1/s1. The van der Waals surface area contributed by atoms with Gasteiger partial charge in [0.25, 0.3) is 0 Å². The molecule has 9 heteroatoms. The molecule has 2 unspecified atom stereocenters. The summed E-state index contributed by atoms with van der Waals surface area (Å²) in [6.07, 6.45) is 22.1. The number of phosphoric acid groups is 1. The number of hydrogen-bond acceptors (Lipinski definition) is 6. The van der Waals surface area contributed by atoms with Gasteiger partial charge in [0.05, 0.1) is 34.4 Å². The van der Waals surface area contributed by atoms with Crippen molar-refractivity contribution in [3.63, 3.8) is 0 Å². The summed E-state index contributed by atoms with van der Waals surface area (Å²) in [6.45, 7) is 3.50. The summed E-state index contributed by atoms with van der Waals surface area (Å²) in [4.78, 5) is 10.0. The Morgan fingerprint density at radius 1 is 0.816 bits per heavy atom. The Kier molecular flexibility index (Phi) is 19.7. The van der Waals surface area contributed by atoms with E-state index in [0.717, 1.165) is 19.3 Å². The summed E-state index contributed by atoms with van der Waals surface area (Å²) in [5.74, 6) is 0. The second kappa shape index (κ2) is 20.8. The lowest BCUT2D eigenvalue weighted by molar-refractivity contribution is -0.918. The van der Waals surface area contributed by atoms with Gasteiger partial charge < -0.3 is 24.0 Å². The van der Waals surface area contributed by atoms with Gasteiger partial charge >= 0.3 is 7.82 Å². The normalized spacial score (nSPS) is 20.6. The number of nitrogens with zero attached hydrogens (tertiary/aromatic N) is 1. The van der Waals surface area contributed by atoms with Gasteiger partial charge in [0.15, 0.2) is 0 Å². The molecule has 0 aromatic rings. The minimum Gasteiger partial charge on any atom is -0.378 e. The van der Waals surface area contributed by atoms with Crippen LogP contribution < -0.4 is 0 Å². The first-order valence-corrected chi connectivity index (χ1v) is 16.9. The fourth-order valence-electron chi connectivity index (χ4n) is 4.66. The van der Waals surface area contributed by atoms with Gasteiger partial charge in [-0.3, -0.25) is 9.05 Å². The highest BCUT2D eigenvalue weighted by atomic mass is 31.2. The topological polar surface area (TPSA) is 94.5 Å². The molecule has 0 spiro atoms. The molecule has 0 aromatic heterocycles. The fraction of sp³-hybridized carbons (Fsp3) is 1.00. The van der Waals surface area contributed by atoms with E-state index in [1.807, 2.05) is 0 Å². The lowest BCUT2D eigenvalue weighted by Gasteiger charge is -2.31. The third kappa shape index (κ3) is 18.3. The highest BCUT2D eigenvalue weighted by Gasteiger charge is 2.39. The van der Waals surface area contributed by atoms with Gasteiger partial charge in [-0.05, 0) is 19.3 Å². The highest BCUT2D eigenvalue weighted by molar-refractivity contribution is 7.47. The predicted molar refractivity (Wildman–Crippen MR) is 154 cm³/mol. The van der Waals surface area contributed by atoms with E-state index in [9.17, 15) is 14.6 Å². The molecule has 0 aromatic carbocycles. The van der Waals surface area contributed by atoms with Crippen LogP contribution in [0.1, 0.15) is 122 Å². The SMILES string of the molecule is CCCCCCCCCCCCCCCCCCOCC1(COP(=O)(O)OC[C@@H](O)[N+](C)(C)C)CCCO1. The van der Waals surface area contributed by atoms with Gasteiger partial charge in [-0.2, -0.15) is 0 Å². The van der Waals surface area contributed by atoms with Crippen LogP contribution in [0.2, 0.25) is 0 Å². The van der Waals surface area contributed by atoms with E-state index in [4.69, 9.17) is 18.5 Å². The summed E-state index contributed by atoms with van der Waals surface area (Å²) in [6, 6.07) is 0. The van der Waals surface area contributed by atoms with Gasteiger partial charge in [-0.25, -0.2) is 4.57 Å². The molecule has 1 aliphatic heterocycles. The molecule has 1 fully saturated rings. The van der Waals surface area contributed by atoms with E-state index in [-0.39, 0.29) is 17.7 Å². The van der Waals surface area contributed by atoms with Gasteiger partial charge in [0.1, 0.15) is 12.2 Å². The highest BCUT2D eigenvalue weighted by Crippen LogP contribution is 2.45. The van der Waals surface area contributed by atoms with Crippen LogP contribution in [-0.2, 0) is 23.1 Å². The summed E-state index contributed by atoms with van der Waals surface area (Å²) in [5, 5.41) is 10.0. The molecule has 1 heterocycles. The molecular formula is C29H61NO7P+. The maximum Gasteiger partial charge on any atom is 0.472 e. The second-order valence-corrected chi connectivity index (χ2v) is 13.6. The van der Waals surface area contributed by atoms with Gasteiger partial charge in [0, 0.05) is 13.2 Å². The summed E-state index contributed by atoms with van der Waals surface area (Å²) >= 11 is 0. The summed E-state index contributed by atoms with van der Waals surface area (Å²) in [5.41, 5.74) is -0.713. The Hall–Kier alpha value is -0.0500. The van der Waals surface area contributed by atoms with Crippen LogP contribution in [0.3, 0.4) is 0 Å². The molecule has 0 bridgehead atoms. The van der Waals surface area contributed by atoms with Crippen LogP contribution in [0, 0.1) is 0 Å². The largest absolute Gasteiger partial charge is 0.472 e. The lowest BCUT2D eigenvalue weighted by atomic mass is 10.0. The number of hydrogen-bond donors (Lipinski definition) is 2. The van der Waals surface area contributed by atoms with E-state index < -0.39 is 19.7 Å². The smallest absolute Gasteiger partial charge is 0.378 e. The number of ether oxygens (including phenoxy) is 2. The molecule has 8 nitrogen and oxygen atoms in total. The van der Waals surface area contributed by atoms with Crippen LogP contribution in [0.4, 0.5) is 0 Å². The van der Waals surface area contributed by atoms with Crippen molar-refractivity contribution in [1.29, 1.82) is 0 Å². The van der Waals surface area contributed by atoms with Crippen molar-refractivity contribution in [1.82, 2.24) is 0 Å². The van der Waals surface area contributed by atoms with Crippen molar-refractivity contribution in [3.8, 4) is 0 Å². The molecule has 1 aliphatic rings. The minimum absolute atomic E-state index is 0.0692. The zero-order valence-corrected chi connectivity index (χ0v) is 26.1. The molecular weight excluding hydrogens is 505 g/mol. The quantitative estimate of drug-likeness (QED) is 0.0505. The molecule has 0 amide bonds. The molecule has 2 N–H and O–H groups in total. The van der Waals surface area contributed by atoms with E-state index in [1.54, 1.807) is 21.1 Å². The van der Waals surface area contributed by atoms with Crippen LogP contribution >= 0.6 is 7.82 Å². The van der Waals surface area contributed by atoms with Crippen LogP contribution in [0.25, 0.3) is 0 Å². The molecule has 1 rings (SSSR count). The fourth-order valence-corrected chi connectivity index (χ4v) is 5.45. The van der Waals surface area contributed by atoms with Crippen molar-refractivity contribution >= 4 is 7.82 Å². The minimum atomic E-state index is -4.29. The van der Waals surface area contributed by atoms with Crippen LogP contribution in [0.15, 0.2) is 0 Å². The molecule has 0 saturated carbocycles. The van der Waals surface area contributed by atoms with Gasteiger partial charge in [0.2, 0.25) is 6.23 Å². The number of unbranched alkanes of at least 4 members (excludes halogenated alkanes) is 15. The maximum atomic E-state index is 12.3. The van der Waals surface area contributed by atoms with Crippen molar-refractivity contribution < 1.29 is 37.6 Å². The molecule has 228 valence electrons. The first-order valence-electron chi connectivity index (χ1n) is 15.4. The van der Waals surface area contributed by atoms with Crippen LogP contribution in [-0.4, -0.2) is 80.5 Å². The molecule has 38 heavy (non-hydrogen) atoms. The molecule has 0 aliphatic carbocycles. The number of phosphoric ester groups is 1. The third-order valence-corrected chi connectivity index (χ3v) is 8.39. The van der Waals surface area contributed by atoms with E-state index in [2.05, 4.69) is 6.92 Å². The zero-order valence-electron chi connectivity index (χ0n) is 25.2. The Balaban J connectivity index is 2.03. The van der Waals surface area contributed by atoms with Gasteiger partial charge in [-0.15, -0.1) is 0 Å². The van der Waals surface area contributed by atoms with Crippen molar-refractivity contribution in [2.45, 2.75) is 134 Å². The Bertz CT molecular complexity index is 608.